The Labute approximate surface area is 114 Å². The molecule has 4 nitrogen and oxygen atoms in total. The summed E-state index contributed by atoms with van der Waals surface area (Å²) < 4.78 is 0. The molecule has 2 N–H and O–H groups in total. The normalized spacial score (nSPS) is 10.9. The zero-order valence-corrected chi connectivity index (χ0v) is 11.3. The molecule has 2 rings (SSSR count). The molecule has 0 saturated carbocycles. The maximum absolute atomic E-state index is 5.60. The minimum atomic E-state index is 0.492. The van der Waals surface area contributed by atoms with E-state index in [1.54, 1.807) is 0 Å². The third kappa shape index (κ3) is 4.43. The van der Waals surface area contributed by atoms with Gasteiger partial charge >= 0.3 is 0 Å². The number of nitrogens with zero attached hydrogens (tertiary/aromatic N) is 3. The lowest BCUT2D eigenvalue weighted by Gasteiger charge is -2.16. The van der Waals surface area contributed by atoms with Crippen molar-refractivity contribution in [2.45, 2.75) is 19.5 Å². The SMILES string of the molecule is CN(CCc1ccccn1)Cc1cccc(CN)n1. The van der Waals surface area contributed by atoms with Gasteiger partial charge in [0.1, 0.15) is 0 Å². The minimum Gasteiger partial charge on any atom is -0.325 e. The van der Waals surface area contributed by atoms with Crippen molar-refractivity contribution in [2.75, 3.05) is 13.6 Å². The highest BCUT2D eigenvalue weighted by Crippen LogP contribution is 2.03. The number of hydrogen-bond donors (Lipinski definition) is 1. The van der Waals surface area contributed by atoms with Crippen LogP contribution in [0.2, 0.25) is 0 Å². The van der Waals surface area contributed by atoms with Gasteiger partial charge in [-0.2, -0.15) is 0 Å². The van der Waals surface area contributed by atoms with E-state index in [2.05, 4.69) is 28.0 Å². The summed E-state index contributed by atoms with van der Waals surface area (Å²) in [5.74, 6) is 0. The van der Waals surface area contributed by atoms with Gasteiger partial charge in [-0.25, -0.2) is 0 Å². The molecule has 19 heavy (non-hydrogen) atoms. The fraction of sp³-hybridized carbons (Fsp3) is 0.333. The number of aromatic nitrogens is 2. The topological polar surface area (TPSA) is 55.0 Å². The van der Waals surface area contributed by atoms with Gasteiger partial charge in [-0.3, -0.25) is 9.97 Å². The van der Waals surface area contributed by atoms with E-state index in [0.29, 0.717) is 6.54 Å². The summed E-state index contributed by atoms with van der Waals surface area (Å²) in [5.41, 5.74) is 8.72. The first-order chi connectivity index (χ1) is 9.28. The van der Waals surface area contributed by atoms with Crippen LogP contribution in [0.25, 0.3) is 0 Å². The van der Waals surface area contributed by atoms with Gasteiger partial charge in [-0.05, 0) is 31.3 Å². The number of likely N-dealkylation sites (N-methyl/N-ethyl adjacent to an activating group) is 1. The van der Waals surface area contributed by atoms with Gasteiger partial charge in [0, 0.05) is 37.9 Å². The molecule has 2 heterocycles. The molecule has 0 radical (unpaired) electrons. The molecule has 0 aromatic carbocycles. The van der Waals surface area contributed by atoms with Crippen LogP contribution in [0.1, 0.15) is 17.1 Å². The summed E-state index contributed by atoms with van der Waals surface area (Å²) in [6, 6.07) is 12.0. The Bertz CT molecular complexity index is 499. The Balaban J connectivity index is 1.85. The second kappa shape index (κ2) is 6.97. The van der Waals surface area contributed by atoms with E-state index in [9.17, 15) is 0 Å². The molecule has 4 heteroatoms. The second-order valence-corrected chi connectivity index (χ2v) is 4.63. The van der Waals surface area contributed by atoms with Crippen LogP contribution in [0, 0.1) is 0 Å². The molecule has 2 aromatic heterocycles. The zero-order chi connectivity index (χ0) is 13.5. The average molecular weight is 256 g/mol. The molecule has 0 amide bonds. The van der Waals surface area contributed by atoms with Crippen molar-refractivity contribution in [2.24, 2.45) is 5.73 Å². The van der Waals surface area contributed by atoms with E-state index in [0.717, 1.165) is 36.6 Å². The van der Waals surface area contributed by atoms with Gasteiger partial charge in [0.25, 0.3) is 0 Å². The Morgan fingerprint density at radius 2 is 1.84 bits per heavy atom. The lowest BCUT2D eigenvalue weighted by molar-refractivity contribution is 0.325. The summed E-state index contributed by atoms with van der Waals surface area (Å²) in [6.45, 7) is 2.29. The summed E-state index contributed by atoms with van der Waals surface area (Å²) in [5, 5.41) is 0. The van der Waals surface area contributed by atoms with Crippen molar-refractivity contribution in [3.63, 3.8) is 0 Å². The Kier molecular flexibility index (Phi) is 5.01. The molecule has 0 aliphatic heterocycles. The number of pyridine rings is 2. The first-order valence-electron chi connectivity index (χ1n) is 6.51. The number of rotatable bonds is 6. The highest BCUT2D eigenvalue weighted by atomic mass is 15.1. The highest BCUT2D eigenvalue weighted by Gasteiger charge is 2.03. The van der Waals surface area contributed by atoms with E-state index in [1.165, 1.54) is 0 Å². The van der Waals surface area contributed by atoms with Crippen molar-refractivity contribution in [1.82, 2.24) is 14.9 Å². The Morgan fingerprint density at radius 1 is 1.05 bits per heavy atom. The maximum Gasteiger partial charge on any atom is 0.0547 e. The first kappa shape index (κ1) is 13.6. The highest BCUT2D eigenvalue weighted by molar-refractivity contribution is 5.11. The maximum atomic E-state index is 5.60. The van der Waals surface area contributed by atoms with Crippen LogP contribution in [-0.2, 0) is 19.5 Å². The molecule has 0 aliphatic carbocycles. The average Bonchev–Trinajstić information content (AvgIpc) is 2.46. The van der Waals surface area contributed by atoms with Gasteiger partial charge in [-0.1, -0.05) is 12.1 Å². The van der Waals surface area contributed by atoms with Crippen LogP contribution in [0.3, 0.4) is 0 Å². The molecule has 0 atom stereocenters. The molecule has 0 bridgehead atoms. The lowest BCUT2D eigenvalue weighted by atomic mass is 10.2. The van der Waals surface area contributed by atoms with Gasteiger partial charge < -0.3 is 10.6 Å². The van der Waals surface area contributed by atoms with Crippen molar-refractivity contribution >= 4 is 0 Å². The van der Waals surface area contributed by atoms with E-state index >= 15 is 0 Å². The van der Waals surface area contributed by atoms with Crippen LogP contribution < -0.4 is 5.73 Å². The first-order valence-corrected chi connectivity index (χ1v) is 6.51. The van der Waals surface area contributed by atoms with E-state index < -0.39 is 0 Å². The van der Waals surface area contributed by atoms with Gasteiger partial charge in [0.15, 0.2) is 0 Å². The van der Waals surface area contributed by atoms with Crippen LogP contribution in [0.5, 0.6) is 0 Å². The third-order valence-corrected chi connectivity index (χ3v) is 2.98. The standard InChI is InChI=1S/C15H20N4/c1-19(10-8-13-5-2-3-9-17-13)12-15-7-4-6-14(11-16)18-15/h2-7,9H,8,10-12,16H2,1H3. The van der Waals surface area contributed by atoms with Gasteiger partial charge in [0.05, 0.1) is 11.4 Å². The summed E-state index contributed by atoms with van der Waals surface area (Å²) in [7, 11) is 2.10. The summed E-state index contributed by atoms with van der Waals surface area (Å²) >= 11 is 0. The quantitative estimate of drug-likeness (QED) is 0.853. The van der Waals surface area contributed by atoms with Crippen molar-refractivity contribution in [1.29, 1.82) is 0 Å². The molecular weight excluding hydrogens is 236 g/mol. The fourth-order valence-corrected chi connectivity index (χ4v) is 1.94. The molecule has 0 spiro atoms. The lowest BCUT2D eigenvalue weighted by Crippen LogP contribution is -2.22. The van der Waals surface area contributed by atoms with Crippen molar-refractivity contribution in [3.05, 3.63) is 59.7 Å². The molecule has 0 aliphatic rings. The molecule has 0 fully saturated rings. The molecular formula is C15H20N4. The summed E-state index contributed by atoms with van der Waals surface area (Å²) in [6.07, 6.45) is 2.79. The van der Waals surface area contributed by atoms with Gasteiger partial charge in [0.2, 0.25) is 0 Å². The fourth-order valence-electron chi connectivity index (χ4n) is 1.94. The van der Waals surface area contributed by atoms with E-state index in [4.69, 9.17) is 5.73 Å². The molecule has 0 saturated heterocycles. The number of hydrogen-bond acceptors (Lipinski definition) is 4. The largest absolute Gasteiger partial charge is 0.325 e. The molecule has 0 unspecified atom stereocenters. The minimum absolute atomic E-state index is 0.492. The van der Waals surface area contributed by atoms with Crippen LogP contribution in [0.15, 0.2) is 42.6 Å². The second-order valence-electron chi connectivity index (χ2n) is 4.63. The Hall–Kier alpha value is -1.78. The molecule has 100 valence electrons. The monoisotopic (exact) mass is 256 g/mol. The van der Waals surface area contributed by atoms with Gasteiger partial charge in [-0.15, -0.1) is 0 Å². The predicted octanol–water partition coefficient (Wildman–Crippen LogP) is 1.61. The van der Waals surface area contributed by atoms with E-state index in [1.807, 2.05) is 36.5 Å². The number of nitrogens with two attached hydrogens (primary N) is 1. The summed E-state index contributed by atoms with van der Waals surface area (Å²) in [4.78, 5) is 11.1. The zero-order valence-electron chi connectivity index (χ0n) is 11.3. The third-order valence-electron chi connectivity index (χ3n) is 2.98. The van der Waals surface area contributed by atoms with Crippen LogP contribution in [0.4, 0.5) is 0 Å². The Morgan fingerprint density at radius 3 is 2.58 bits per heavy atom. The molecule has 2 aromatic rings. The van der Waals surface area contributed by atoms with E-state index in [-0.39, 0.29) is 0 Å². The van der Waals surface area contributed by atoms with Crippen molar-refractivity contribution in [3.8, 4) is 0 Å². The smallest absolute Gasteiger partial charge is 0.0547 e. The van der Waals surface area contributed by atoms with Crippen LogP contribution in [-0.4, -0.2) is 28.5 Å². The van der Waals surface area contributed by atoms with Crippen molar-refractivity contribution < 1.29 is 0 Å². The van der Waals surface area contributed by atoms with Crippen LogP contribution >= 0.6 is 0 Å². The predicted molar refractivity (Wildman–Crippen MR) is 76.4 cm³/mol.